The lowest BCUT2D eigenvalue weighted by Crippen LogP contribution is -2.46. The van der Waals surface area contributed by atoms with E-state index in [1.54, 1.807) is 4.90 Å². The van der Waals surface area contributed by atoms with E-state index in [-0.39, 0.29) is 17.1 Å². The van der Waals surface area contributed by atoms with E-state index in [1.807, 2.05) is 0 Å². The molecule has 0 saturated carbocycles. The molecular weight excluding hydrogens is 273 g/mol. The first kappa shape index (κ1) is 14.9. The van der Waals surface area contributed by atoms with Crippen molar-refractivity contribution in [2.75, 3.05) is 26.2 Å². The maximum Gasteiger partial charge on any atom is 0.390 e. The zero-order valence-electron chi connectivity index (χ0n) is 10.8. The molecule has 1 aliphatic rings. The van der Waals surface area contributed by atoms with Crippen molar-refractivity contribution in [3.05, 3.63) is 23.8 Å². The number of hydrogen-bond donors (Lipinski definition) is 3. The molecular formula is C13H17F3N2O2. The molecule has 2 rings (SSSR count). The zero-order chi connectivity index (χ0) is 14.8. The summed E-state index contributed by atoms with van der Waals surface area (Å²) in [6, 6.07) is 2.69. The molecule has 1 saturated heterocycles. The average Bonchev–Trinajstić information content (AvgIpc) is 2.39. The molecule has 1 fully saturated rings. The second-order valence-electron chi connectivity index (χ2n) is 4.86. The minimum absolute atomic E-state index is 0.115. The van der Waals surface area contributed by atoms with Crippen LogP contribution in [0.1, 0.15) is 18.0 Å². The number of rotatable bonds is 3. The van der Waals surface area contributed by atoms with Crippen LogP contribution in [0.4, 0.5) is 13.2 Å². The van der Waals surface area contributed by atoms with Crippen molar-refractivity contribution >= 4 is 0 Å². The highest BCUT2D eigenvalue weighted by atomic mass is 19.4. The fourth-order valence-electron chi connectivity index (χ4n) is 2.46. The third-order valence-corrected chi connectivity index (χ3v) is 3.39. The highest BCUT2D eigenvalue weighted by Crippen LogP contribution is 2.38. The van der Waals surface area contributed by atoms with Gasteiger partial charge in [0.25, 0.3) is 0 Å². The molecule has 0 aromatic heterocycles. The molecule has 7 heteroatoms. The van der Waals surface area contributed by atoms with Crippen LogP contribution in [0.15, 0.2) is 18.2 Å². The first-order valence-electron chi connectivity index (χ1n) is 6.40. The number of nitrogens with zero attached hydrogens (tertiary/aromatic N) is 1. The standard InChI is InChI=1S/C13H17F3N2O2/c14-13(15,16)8-11(18-5-3-17-4-6-18)10-7-9(19)1-2-12(10)20/h1-2,7,11,17,19-20H,3-6,8H2/t11-/m0/s1. The molecule has 0 spiro atoms. The van der Waals surface area contributed by atoms with E-state index >= 15 is 0 Å². The lowest BCUT2D eigenvalue weighted by atomic mass is 9.99. The van der Waals surface area contributed by atoms with Gasteiger partial charge in [-0.15, -0.1) is 0 Å². The lowest BCUT2D eigenvalue weighted by Gasteiger charge is -2.35. The summed E-state index contributed by atoms with van der Waals surface area (Å²) < 4.78 is 38.4. The number of phenols is 2. The Morgan fingerprint density at radius 1 is 1.20 bits per heavy atom. The van der Waals surface area contributed by atoms with Gasteiger partial charge in [0, 0.05) is 37.8 Å². The van der Waals surface area contributed by atoms with Gasteiger partial charge in [-0.2, -0.15) is 13.2 Å². The molecule has 0 radical (unpaired) electrons. The van der Waals surface area contributed by atoms with Gasteiger partial charge >= 0.3 is 6.18 Å². The van der Waals surface area contributed by atoms with Gasteiger partial charge in [0.2, 0.25) is 0 Å². The maximum absolute atomic E-state index is 12.8. The molecule has 112 valence electrons. The summed E-state index contributed by atoms with van der Waals surface area (Å²) in [6.45, 7) is 2.15. The van der Waals surface area contributed by atoms with Crippen LogP contribution in [-0.2, 0) is 0 Å². The Kier molecular flexibility index (Phi) is 4.39. The summed E-state index contributed by atoms with van der Waals surface area (Å²) in [5.41, 5.74) is 0.115. The molecule has 1 aromatic carbocycles. The predicted octanol–water partition coefficient (Wildman–Crippen LogP) is 2.00. The Morgan fingerprint density at radius 2 is 1.85 bits per heavy atom. The monoisotopic (exact) mass is 290 g/mol. The normalized spacial score (nSPS) is 18.9. The van der Waals surface area contributed by atoms with E-state index in [4.69, 9.17) is 0 Å². The first-order valence-corrected chi connectivity index (χ1v) is 6.40. The van der Waals surface area contributed by atoms with Crippen LogP contribution in [0.3, 0.4) is 0 Å². The lowest BCUT2D eigenvalue weighted by molar-refractivity contribution is -0.148. The second kappa shape index (κ2) is 5.88. The van der Waals surface area contributed by atoms with E-state index < -0.39 is 18.6 Å². The predicted molar refractivity (Wildman–Crippen MR) is 67.6 cm³/mol. The fraction of sp³-hybridized carbons (Fsp3) is 0.538. The molecule has 0 aliphatic carbocycles. The van der Waals surface area contributed by atoms with Crippen molar-refractivity contribution in [2.45, 2.75) is 18.6 Å². The number of hydrogen-bond acceptors (Lipinski definition) is 4. The molecule has 0 unspecified atom stereocenters. The Bertz CT molecular complexity index is 459. The SMILES string of the molecule is Oc1ccc(O)c([C@H](CC(F)(F)F)N2CCNCC2)c1. The van der Waals surface area contributed by atoms with E-state index in [0.29, 0.717) is 26.2 Å². The first-order chi connectivity index (χ1) is 9.37. The van der Waals surface area contributed by atoms with Crippen LogP contribution < -0.4 is 5.32 Å². The highest BCUT2D eigenvalue weighted by Gasteiger charge is 2.37. The summed E-state index contributed by atoms with van der Waals surface area (Å²) in [5.74, 6) is -0.379. The van der Waals surface area contributed by atoms with E-state index in [9.17, 15) is 23.4 Å². The number of alkyl halides is 3. The number of halogens is 3. The van der Waals surface area contributed by atoms with Gasteiger partial charge in [0.05, 0.1) is 6.42 Å². The topological polar surface area (TPSA) is 55.7 Å². The minimum atomic E-state index is -4.34. The minimum Gasteiger partial charge on any atom is -0.508 e. The van der Waals surface area contributed by atoms with Crippen molar-refractivity contribution in [2.24, 2.45) is 0 Å². The van der Waals surface area contributed by atoms with Gasteiger partial charge in [-0.25, -0.2) is 0 Å². The Morgan fingerprint density at radius 3 is 2.45 bits per heavy atom. The summed E-state index contributed by atoms with van der Waals surface area (Å²) in [5, 5.41) is 22.3. The molecule has 3 N–H and O–H groups in total. The molecule has 20 heavy (non-hydrogen) atoms. The number of benzene rings is 1. The molecule has 4 nitrogen and oxygen atoms in total. The smallest absolute Gasteiger partial charge is 0.390 e. The van der Waals surface area contributed by atoms with Crippen LogP contribution in [-0.4, -0.2) is 47.5 Å². The summed E-state index contributed by atoms with van der Waals surface area (Å²) >= 11 is 0. The molecule has 0 bridgehead atoms. The van der Waals surface area contributed by atoms with Crippen molar-refractivity contribution in [1.29, 1.82) is 0 Å². The fourth-order valence-corrected chi connectivity index (χ4v) is 2.46. The van der Waals surface area contributed by atoms with Crippen LogP contribution in [0.2, 0.25) is 0 Å². The van der Waals surface area contributed by atoms with Gasteiger partial charge in [0.1, 0.15) is 11.5 Å². The Labute approximate surface area is 114 Å². The molecule has 1 aromatic rings. The summed E-state index contributed by atoms with van der Waals surface area (Å²) in [7, 11) is 0. The Balaban J connectivity index is 2.31. The average molecular weight is 290 g/mol. The van der Waals surface area contributed by atoms with Crippen molar-refractivity contribution in [1.82, 2.24) is 10.2 Å². The van der Waals surface area contributed by atoms with E-state index in [0.717, 1.165) is 0 Å². The van der Waals surface area contributed by atoms with E-state index in [2.05, 4.69) is 5.32 Å². The number of piperazine rings is 1. The molecule has 1 heterocycles. The molecule has 1 aliphatic heterocycles. The van der Waals surface area contributed by atoms with Crippen LogP contribution >= 0.6 is 0 Å². The number of nitrogens with one attached hydrogen (secondary N) is 1. The third kappa shape index (κ3) is 3.77. The van der Waals surface area contributed by atoms with Crippen molar-refractivity contribution in [3.8, 4) is 11.5 Å². The molecule has 1 atom stereocenters. The van der Waals surface area contributed by atoms with Crippen LogP contribution in [0.5, 0.6) is 11.5 Å². The highest BCUT2D eigenvalue weighted by molar-refractivity contribution is 5.40. The van der Waals surface area contributed by atoms with Gasteiger partial charge in [-0.1, -0.05) is 0 Å². The van der Waals surface area contributed by atoms with Gasteiger partial charge in [-0.05, 0) is 18.2 Å². The Hall–Kier alpha value is -1.47. The van der Waals surface area contributed by atoms with Gasteiger partial charge in [-0.3, -0.25) is 4.90 Å². The van der Waals surface area contributed by atoms with Gasteiger partial charge in [0.15, 0.2) is 0 Å². The second-order valence-corrected chi connectivity index (χ2v) is 4.86. The van der Waals surface area contributed by atoms with Crippen LogP contribution in [0.25, 0.3) is 0 Å². The summed E-state index contributed by atoms with van der Waals surface area (Å²) in [4.78, 5) is 1.68. The van der Waals surface area contributed by atoms with Crippen molar-refractivity contribution in [3.63, 3.8) is 0 Å². The van der Waals surface area contributed by atoms with Gasteiger partial charge < -0.3 is 15.5 Å². The maximum atomic E-state index is 12.8. The zero-order valence-corrected chi connectivity index (χ0v) is 10.8. The summed E-state index contributed by atoms with van der Waals surface area (Å²) in [6.07, 6.45) is -5.39. The molecule has 0 amide bonds. The van der Waals surface area contributed by atoms with Crippen molar-refractivity contribution < 1.29 is 23.4 Å². The quantitative estimate of drug-likeness (QED) is 0.745. The van der Waals surface area contributed by atoms with E-state index in [1.165, 1.54) is 18.2 Å². The number of aromatic hydroxyl groups is 2. The van der Waals surface area contributed by atoms with Crippen LogP contribution in [0, 0.1) is 0 Å². The number of phenolic OH excluding ortho intramolecular Hbond substituents is 2. The third-order valence-electron chi connectivity index (χ3n) is 3.39. The largest absolute Gasteiger partial charge is 0.508 e.